The van der Waals surface area contributed by atoms with Gasteiger partial charge in [-0.25, -0.2) is 0 Å². The van der Waals surface area contributed by atoms with E-state index in [-0.39, 0.29) is 0 Å². The van der Waals surface area contributed by atoms with E-state index < -0.39 is 8.24 Å². The van der Waals surface area contributed by atoms with E-state index in [2.05, 4.69) is 79.6 Å². The smallest absolute Gasteiger partial charge is 0.371 e. The maximum Gasteiger partial charge on any atom is 0.371 e. The van der Waals surface area contributed by atoms with Gasteiger partial charge in [0.1, 0.15) is 8.24 Å². The van der Waals surface area contributed by atoms with Crippen molar-refractivity contribution in [2.45, 2.75) is 45.2 Å². The molecular weight excluding hydrogens is 259 g/mol. The summed E-state index contributed by atoms with van der Waals surface area (Å²) >= 11 is 0. The van der Waals surface area contributed by atoms with Gasteiger partial charge in [0.25, 0.3) is 0 Å². The lowest BCUT2D eigenvalue weighted by Crippen LogP contribution is -2.64. The largest absolute Gasteiger partial charge is 0.421 e. The van der Waals surface area contributed by atoms with Crippen molar-refractivity contribution in [3.8, 4) is 0 Å². The first-order valence-corrected chi connectivity index (χ1v) is 10.6. The summed E-state index contributed by atoms with van der Waals surface area (Å²) in [7, 11) is -1.57. The number of allylic oxidation sites excluding steroid dienone is 1. The summed E-state index contributed by atoms with van der Waals surface area (Å²) in [5, 5.41) is 0.358. The van der Waals surface area contributed by atoms with Crippen LogP contribution in [0.2, 0.25) is 24.5 Å². The van der Waals surface area contributed by atoms with Gasteiger partial charge in [-0.3, -0.25) is 0 Å². The molecule has 0 amide bonds. The molecule has 0 spiro atoms. The predicted molar refractivity (Wildman–Crippen MR) is 93.2 cm³/mol. The van der Waals surface area contributed by atoms with Gasteiger partial charge in [-0.05, 0) is 23.5 Å². The molecule has 0 saturated heterocycles. The van der Waals surface area contributed by atoms with Crippen molar-refractivity contribution in [2.24, 2.45) is 0 Å². The molecule has 0 bridgehead atoms. The highest BCUT2D eigenvalue weighted by Gasteiger charge is 2.51. The molecule has 2 nitrogen and oxygen atoms in total. The Bertz CT molecular complexity index is 548. The van der Waals surface area contributed by atoms with E-state index in [4.69, 9.17) is 0 Å². The van der Waals surface area contributed by atoms with E-state index >= 15 is 0 Å². The van der Waals surface area contributed by atoms with Crippen molar-refractivity contribution in [1.82, 2.24) is 0 Å². The molecule has 0 aromatic heterocycles. The molecule has 3 rings (SSSR count). The third-order valence-corrected chi connectivity index (χ3v) is 10.8. The molecule has 0 saturated carbocycles. The molecule has 0 atom stereocenters. The first-order chi connectivity index (χ1) is 9.34. The zero-order valence-corrected chi connectivity index (χ0v) is 14.4. The van der Waals surface area contributed by atoms with Crippen LogP contribution in [-0.2, 0) is 0 Å². The van der Waals surface area contributed by atoms with E-state index in [0.29, 0.717) is 12.0 Å². The van der Waals surface area contributed by atoms with Gasteiger partial charge in [-0.15, -0.1) is 0 Å². The Morgan fingerprint density at radius 2 is 1.70 bits per heavy atom. The van der Waals surface area contributed by atoms with Gasteiger partial charge in [-0.1, -0.05) is 58.2 Å². The van der Waals surface area contributed by atoms with Crippen LogP contribution in [0.15, 0.2) is 36.4 Å². The van der Waals surface area contributed by atoms with Gasteiger partial charge < -0.3 is 9.29 Å². The van der Waals surface area contributed by atoms with E-state index in [1.807, 2.05) is 0 Å². The summed E-state index contributed by atoms with van der Waals surface area (Å²) in [5.41, 5.74) is 2.87. The second-order valence-electron chi connectivity index (χ2n) is 7.51. The third-order valence-electron chi connectivity index (χ3n) is 5.36. The first-order valence-electron chi connectivity index (χ1n) is 7.64. The molecule has 2 heterocycles. The first kappa shape index (κ1) is 13.8. The van der Waals surface area contributed by atoms with Gasteiger partial charge in [0.05, 0.1) is 0 Å². The fourth-order valence-electron chi connectivity index (χ4n) is 3.26. The molecule has 1 aromatic rings. The molecule has 0 unspecified atom stereocenters. The van der Waals surface area contributed by atoms with Gasteiger partial charge in [0, 0.05) is 17.9 Å². The highest BCUT2D eigenvalue weighted by Crippen LogP contribution is 2.48. The molecule has 0 N–H and O–H groups in total. The lowest BCUT2D eigenvalue weighted by atomic mass is 9.69. The zero-order valence-electron chi connectivity index (χ0n) is 13.4. The van der Waals surface area contributed by atoms with Gasteiger partial charge in [-0.2, -0.15) is 0 Å². The van der Waals surface area contributed by atoms with E-state index in [1.165, 1.54) is 11.4 Å². The van der Waals surface area contributed by atoms with Crippen molar-refractivity contribution in [2.75, 3.05) is 15.8 Å². The van der Waals surface area contributed by atoms with E-state index in [0.717, 1.165) is 12.9 Å². The van der Waals surface area contributed by atoms with Crippen molar-refractivity contribution in [3.63, 3.8) is 0 Å². The quantitative estimate of drug-likeness (QED) is 0.558. The molecule has 0 fully saturated rings. The minimum absolute atomic E-state index is 0.358. The van der Waals surface area contributed by atoms with Crippen LogP contribution >= 0.6 is 0 Å². The lowest BCUT2D eigenvalue weighted by Gasteiger charge is -2.48. The van der Waals surface area contributed by atoms with Crippen LogP contribution in [0.25, 0.3) is 0 Å². The van der Waals surface area contributed by atoms with Gasteiger partial charge >= 0.3 is 6.98 Å². The summed E-state index contributed by atoms with van der Waals surface area (Å²) in [6, 6.07) is 8.96. The minimum Gasteiger partial charge on any atom is -0.421 e. The van der Waals surface area contributed by atoms with Crippen LogP contribution in [0.5, 0.6) is 0 Å². The maximum atomic E-state index is 2.78. The number of rotatable bonds is 1. The molecule has 0 radical (unpaired) electrons. The number of para-hydroxylation sites is 2. The van der Waals surface area contributed by atoms with Crippen LogP contribution in [0.3, 0.4) is 0 Å². The minimum atomic E-state index is -1.57. The Morgan fingerprint density at radius 1 is 1.05 bits per heavy atom. The Hall–Kier alpha value is -1.16. The number of anilines is 2. The number of hydrogen-bond acceptors (Lipinski definition) is 2. The van der Waals surface area contributed by atoms with E-state index in [1.54, 1.807) is 0 Å². The Morgan fingerprint density at radius 3 is 2.35 bits per heavy atom. The number of nitrogens with zero attached hydrogens (tertiary/aromatic N) is 2. The summed E-state index contributed by atoms with van der Waals surface area (Å²) in [4.78, 5) is 2.58. The highest BCUT2D eigenvalue weighted by molar-refractivity contribution is 6.97. The third kappa shape index (κ3) is 1.85. The fraction of sp³-hybridized carbons (Fsp3) is 0.500. The van der Waals surface area contributed by atoms with Crippen LogP contribution in [-0.4, -0.2) is 21.8 Å². The summed E-state index contributed by atoms with van der Waals surface area (Å²) in [6.45, 7) is 13.8. The predicted octanol–water partition coefficient (Wildman–Crippen LogP) is 4.38. The SMILES string of the molecule is CC(C)(C)[Si](C)(C)N1B2CC=CCN2c2ccccc21. The monoisotopic (exact) mass is 284 g/mol. The molecule has 4 heteroatoms. The highest BCUT2D eigenvalue weighted by atomic mass is 28.3. The van der Waals surface area contributed by atoms with Crippen LogP contribution in [0.1, 0.15) is 20.8 Å². The number of benzene rings is 1. The maximum absolute atomic E-state index is 2.78. The molecule has 0 aliphatic carbocycles. The topological polar surface area (TPSA) is 6.48 Å². The van der Waals surface area contributed by atoms with Crippen LogP contribution in [0, 0.1) is 0 Å². The Labute approximate surface area is 124 Å². The van der Waals surface area contributed by atoms with E-state index in [9.17, 15) is 0 Å². The molecule has 2 aliphatic rings. The Balaban J connectivity index is 2.12. The lowest BCUT2D eigenvalue weighted by molar-refractivity contribution is 0.717. The van der Waals surface area contributed by atoms with Crippen molar-refractivity contribution in [3.05, 3.63) is 36.4 Å². The average Bonchev–Trinajstić information content (AvgIpc) is 2.72. The van der Waals surface area contributed by atoms with Crippen LogP contribution in [0.4, 0.5) is 11.4 Å². The second-order valence-corrected chi connectivity index (χ2v) is 12.6. The fourth-order valence-corrected chi connectivity index (χ4v) is 5.77. The number of hydrogen-bond donors (Lipinski definition) is 0. The second kappa shape index (κ2) is 4.42. The van der Waals surface area contributed by atoms with Gasteiger partial charge in [0.15, 0.2) is 0 Å². The standard InChI is InChI=1S/C16H25BN2Si/c1-16(2,3)20(4,5)19-15-11-7-6-10-14(15)18-13-9-8-12-17(18)19/h6-11H,12-13H2,1-5H3. The summed E-state index contributed by atoms with van der Waals surface area (Å²) in [5.74, 6) is 0. The molecule has 106 valence electrons. The van der Waals surface area contributed by atoms with Crippen LogP contribution < -0.4 is 9.29 Å². The molecular formula is C16H25BN2Si. The molecule has 1 aromatic carbocycles. The van der Waals surface area contributed by atoms with Gasteiger partial charge in [0.2, 0.25) is 0 Å². The molecule has 2 aliphatic heterocycles. The number of fused-ring (bicyclic) bond motifs is 3. The van der Waals surface area contributed by atoms with Crippen molar-refractivity contribution >= 4 is 26.6 Å². The zero-order chi connectivity index (χ0) is 14.5. The normalized spacial score (nSPS) is 18.4. The summed E-state index contributed by atoms with van der Waals surface area (Å²) in [6.07, 6.45) is 5.80. The van der Waals surface area contributed by atoms with Crippen molar-refractivity contribution in [1.29, 1.82) is 0 Å². The molecule has 20 heavy (non-hydrogen) atoms. The summed E-state index contributed by atoms with van der Waals surface area (Å²) < 4.78 is 2.78. The average molecular weight is 284 g/mol. The Kier molecular flexibility index (Phi) is 3.05. The van der Waals surface area contributed by atoms with Crippen molar-refractivity contribution < 1.29 is 0 Å².